The lowest BCUT2D eigenvalue weighted by molar-refractivity contribution is -0.0418. The zero-order chi connectivity index (χ0) is 10.8. The minimum atomic E-state index is -0.278. The molecule has 2 rings (SSSR count). The largest absolute Gasteiger partial charge is 0.459 e. The molecule has 0 fully saturated rings. The van der Waals surface area contributed by atoms with Crippen LogP contribution in [0.15, 0.2) is 27.2 Å². The van der Waals surface area contributed by atoms with Gasteiger partial charge in [0.1, 0.15) is 5.75 Å². The Hall–Kier alpha value is -0.320. The monoisotopic (exact) mass is 332 g/mol. The van der Waals surface area contributed by atoms with Gasteiger partial charge in [-0.3, -0.25) is 0 Å². The van der Waals surface area contributed by atoms with Crippen molar-refractivity contribution in [3.8, 4) is 5.75 Å². The fraction of sp³-hybridized carbons (Fsp3) is 0.273. The van der Waals surface area contributed by atoms with Gasteiger partial charge in [0.2, 0.25) is 6.29 Å². The first kappa shape index (κ1) is 11.2. The molecule has 1 aliphatic rings. The molecule has 2 nitrogen and oxygen atoms in total. The lowest BCUT2D eigenvalue weighted by atomic mass is 10.1. The van der Waals surface area contributed by atoms with Gasteiger partial charge in [-0.15, -0.1) is 0 Å². The molecule has 0 radical (unpaired) electrons. The Morgan fingerprint density at radius 2 is 2.20 bits per heavy atom. The van der Waals surface area contributed by atoms with E-state index in [1.807, 2.05) is 31.2 Å². The van der Waals surface area contributed by atoms with Crippen LogP contribution in [0.1, 0.15) is 12.5 Å². The second-order valence-corrected chi connectivity index (χ2v) is 4.88. The van der Waals surface area contributed by atoms with Crippen LogP contribution in [0.2, 0.25) is 0 Å². The molecule has 4 heteroatoms. The van der Waals surface area contributed by atoms with Crippen molar-refractivity contribution < 1.29 is 9.47 Å². The van der Waals surface area contributed by atoms with Crippen molar-refractivity contribution in [2.45, 2.75) is 13.2 Å². The average molecular weight is 334 g/mol. The number of halogens is 2. The fourth-order valence-corrected chi connectivity index (χ4v) is 2.77. The van der Waals surface area contributed by atoms with Crippen molar-refractivity contribution in [3.63, 3.8) is 0 Å². The molecule has 15 heavy (non-hydrogen) atoms. The van der Waals surface area contributed by atoms with Gasteiger partial charge < -0.3 is 9.47 Å². The van der Waals surface area contributed by atoms with Gasteiger partial charge in [0.15, 0.2) is 0 Å². The fourth-order valence-electron chi connectivity index (χ4n) is 1.42. The molecule has 0 aliphatic carbocycles. The third kappa shape index (κ3) is 2.44. The van der Waals surface area contributed by atoms with Crippen molar-refractivity contribution in [1.82, 2.24) is 0 Å². The van der Waals surface area contributed by atoms with Gasteiger partial charge in [-0.1, -0.05) is 15.9 Å². The second kappa shape index (κ2) is 4.68. The Balaban J connectivity index is 2.33. The lowest BCUT2D eigenvalue weighted by Gasteiger charge is -2.22. The third-order valence-corrected chi connectivity index (χ3v) is 3.08. The van der Waals surface area contributed by atoms with Crippen molar-refractivity contribution in [2.24, 2.45) is 0 Å². The molecule has 1 aromatic rings. The molecule has 1 atom stereocenters. The molecular formula is C11H10Br2O2. The van der Waals surface area contributed by atoms with E-state index in [0.29, 0.717) is 6.61 Å². The van der Waals surface area contributed by atoms with Crippen LogP contribution in [-0.4, -0.2) is 12.9 Å². The highest BCUT2D eigenvalue weighted by Gasteiger charge is 2.17. The van der Waals surface area contributed by atoms with Gasteiger partial charge >= 0.3 is 0 Å². The first-order valence-corrected chi connectivity index (χ1v) is 6.25. The summed E-state index contributed by atoms with van der Waals surface area (Å²) in [5, 5.41) is 0. The highest BCUT2D eigenvalue weighted by molar-refractivity contribution is 9.11. The van der Waals surface area contributed by atoms with E-state index in [4.69, 9.17) is 9.47 Å². The molecule has 1 heterocycles. The third-order valence-electron chi connectivity index (χ3n) is 2.03. The highest BCUT2D eigenvalue weighted by atomic mass is 79.9. The molecule has 1 aromatic carbocycles. The Morgan fingerprint density at radius 3 is 2.93 bits per heavy atom. The van der Waals surface area contributed by atoms with Crippen LogP contribution in [0.3, 0.4) is 0 Å². The van der Waals surface area contributed by atoms with Crippen LogP contribution in [0.5, 0.6) is 5.75 Å². The first-order chi connectivity index (χ1) is 7.20. The van der Waals surface area contributed by atoms with Crippen molar-refractivity contribution >= 4 is 37.9 Å². The van der Waals surface area contributed by atoms with Crippen molar-refractivity contribution in [3.05, 3.63) is 32.7 Å². The quantitative estimate of drug-likeness (QED) is 0.815. The number of hydrogen-bond donors (Lipinski definition) is 0. The number of rotatable bonds is 2. The predicted molar refractivity (Wildman–Crippen MR) is 66.9 cm³/mol. The Kier molecular flexibility index (Phi) is 3.49. The van der Waals surface area contributed by atoms with E-state index >= 15 is 0 Å². The lowest BCUT2D eigenvalue weighted by Crippen LogP contribution is -2.20. The Bertz CT molecular complexity index is 402. The summed E-state index contributed by atoms with van der Waals surface area (Å²) in [6, 6.07) is 3.97. The molecule has 80 valence electrons. The van der Waals surface area contributed by atoms with Crippen LogP contribution >= 0.6 is 31.9 Å². The molecular weight excluding hydrogens is 324 g/mol. The number of hydrogen-bond acceptors (Lipinski definition) is 2. The SMILES string of the molecule is CCOC1C=Cc2cc(Br)cc(Br)c2O1. The van der Waals surface area contributed by atoms with Crippen LogP contribution in [0.4, 0.5) is 0 Å². The number of ether oxygens (including phenoxy) is 2. The van der Waals surface area contributed by atoms with Gasteiger partial charge in [0.05, 0.1) is 4.47 Å². The van der Waals surface area contributed by atoms with Crippen LogP contribution in [-0.2, 0) is 4.74 Å². The average Bonchev–Trinajstić information content (AvgIpc) is 2.19. The van der Waals surface area contributed by atoms with Gasteiger partial charge in [-0.2, -0.15) is 0 Å². The maximum Gasteiger partial charge on any atom is 0.220 e. The normalized spacial score (nSPS) is 18.5. The van der Waals surface area contributed by atoms with Crippen molar-refractivity contribution in [2.75, 3.05) is 6.61 Å². The summed E-state index contributed by atoms with van der Waals surface area (Å²) in [5.41, 5.74) is 1.05. The van der Waals surface area contributed by atoms with Crippen molar-refractivity contribution in [1.29, 1.82) is 0 Å². The van der Waals surface area contributed by atoms with Crippen LogP contribution in [0.25, 0.3) is 6.08 Å². The molecule has 0 saturated carbocycles. The predicted octanol–water partition coefficient (Wildman–Crippen LogP) is 3.98. The van der Waals surface area contributed by atoms with E-state index in [-0.39, 0.29) is 6.29 Å². The zero-order valence-corrected chi connectivity index (χ0v) is 11.3. The minimum Gasteiger partial charge on any atom is -0.459 e. The molecule has 0 spiro atoms. The van der Waals surface area contributed by atoms with E-state index in [1.165, 1.54) is 0 Å². The summed E-state index contributed by atoms with van der Waals surface area (Å²) < 4.78 is 13.0. The molecule has 1 unspecified atom stereocenters. The summed E-state index contributed by atoms with van der Waals surface area (Å²) in [4.78, 5) is 0. The van der Waals surface area contributed by atoms with E-state index in [1.54, 1.807) is 0 Å². The maximum absolute atomic E-state index is 5.68. The van der Waals surface area contributed by atoms with Crippen LogP contribution < -0.4 is 4.74 Å². The van der Waals surface area contributed by atoms with Crippen LogP contribution in [0, 0.1) is 0 Å². The number of benzene rings is 1. The first-order valence-electron chi connectivity index (χ1n) is 4.66. The van der Waals surface area contributed by atoms with E-state index < -0.39 is 0 Å². The summed E-state index contributed by atoms with van der Waals surface area (Å²) in [6.45, 7) is 2.59. The molecule has 0 N–H and O–H groups in total. The molecule has 0 bridgehead atoms. The van der Waals surface area contributed by atoms with E-state index in [9.17, 15) is 0 Å². The van der Waals surface area contributed by atoms with Gasteiger partial charge in [0, 0.05) is 16.6 Å². The number of fused-ring (bicyclic) bond motifs is 1. The summed E-state index contributed by atoms with van der Waals surface area (Å²) in [7, 11) is 0. The summed E-state index contributed by atoms with van der Waals surface area (Å²) in [5.74, 6) is 0.833. The maximum atomic E-state index is 5.68. The minimum absolute atomic E-state index is 0.278. The van der Waals surface area contributed by atoms with Gasteiger partial charge in [-0.25, -0.2) is 0 Å². The van der Waals surface area contributed by atoms with Gasteiger partial charge in [0.25, 0.3) is 0 Å². The highest BCUT2D eigenvalue weighted by Crippen LogP contribution is 2.36. The summed E-state index contributed by atoms with van der Waals surface area (Å²) >= 11 is 6.90. The molecule has 0 amide bonds. The van der Waals surface area contributed by atoms with Gasteiger partial charge in [-0.05, 0) is 47.1 Å². The smallest absolute Gasteiger partial charge is 0.220 e. The summed E-state index contributed by atoms with van der Waals surface area (Å²) in [6.07, 6.45) is 3.64. The second-order valence-electron chi connectivity index (χ2n) is 3.11. The van der Waals surface area contributed by atoms with E-state index in [0.717, 1.165) is 20.3 Å². The standard InChI is InChI=1S/C11H10Br2O2/c1-2-14-10-4-3-7-5-8(12)6-9(13)11(7)15-10/h3-6,10H,2H2,1H3. The zero-order valence-electron chi connectivity index (χ0n) is 8.17. The van der Waals surface area contributed by atoms with E-state index in [2.05, 4.69) is 31.9 Å². The molecule has 0 aromatic heterocycles. The topological polar surface area (TPSA) is 18.5 Å². The molecule has 0 saturated heterocycles. The Labute approximate surface area is 106 Å². The Morgan fingerprint density at radius 1 is 1.40 bits per heavy atom. The molecule has 1 aliphatic heterocycles.